The molecule has 0 aliphatic rings. The molecular weight excluding hydrogens is 540 g/mol. The molecule has 0 radical (unpaired) electrons. The van der Waals surface area contributed by atoms with Crippen LogP contribution in [0.15, 0.2) is 24.3 Å². The van der Waals surface area contributed by atoms with E-state index in [0.717, 1.165) is 0 Å². The van der Waals surface area contributed by atoms with Crippen LogP contribution in [0.2, 0.25) is 0 Å². The van der Waals surface area contributed by atoms with E-state index in [0.29, 0.717) is 25.7 Å². The molecule has 12 heteroatoms. The summed E-state index contributed by atoms with van der Waals surface area (Å²) in [5, 5.41) is 0. The van der Waals surface area contributed by atoms with Crippen LogP contribution >= 0.6 is 0 Å². The Morgan fingerprint density at radius 3 is 1.32 bits per heavy atom. The Morgan fingerprint density at radius 1 is 0.561 bits per heavy atom. The van der Waals surface area contributed by atoms with Crippen molar-refractivity contribution in [2.75, 3.05) is 33.0 Å². The van der Waals surface area contributed by atoms with Crippen molar-refractivity contribution in [2.45, 2.75) is 79.2 Å². The third-order valence-corrected chi connectivity index (χ3v) is 5.26. The molecule has 41 heavy (non-hydrogen) atoms. The van der Waals surface area contributed by atoms with Gasteiger partial charge in [0.1, 0.15) is 12.7 Å². The molecule has 0 saturated heterocycles. The van der Waals surface area contributed by atoms with Gasteiger partial charge in [-0.3, -0.25) is 19.2 Å². The molecule has 0 aromatic rings. The molecule has 0 bridgehead atoms. The molecule has 0 spiro atoms. The zero-order valence-corrected chi connectivity index (χ0v) is 24.8. The smallest absolute Gasteiger partial charge is 0.334 e. The maximum absolute atomic E-state index is 12.6. The fourth-order valence-electron chi connectivity index (χ4n) is 3.07. The molecule has 3 unspecified atom stereocenters. The van der Waals surface area contributed by atoms with Gasteiger partial charge in [0, 0.05) is 11.1 Å². The Morgan fingerprint density at radius 2 is 0.927 bits per heavy atom. The van der Waals surface area contributed by atoms with Gasteiger partial charge in [-0.2, -0.15) is 0 Å². The number of hydrogen-bond acceptors (Lipinski definition) is 12. The van der Waals surface area contributed by atoms with Crippen molar-refractivity contribution in [1.29, 1.82) is 0 Å². The van der Waals surface area contributed by atoms with Crippen LogP contribution in [0, 0.1) is 11.8 Å². The fourth-order valence-corrected chi connectivity index (χ4v) is 3.07. The standard InChI is InChI=1S/C29H44O12/c1-8-12-36-26(32)20(6)22(28(34)38-14-10-3)16-24(30)40-18-19(5)41-25(31)17-23(29(35)39-15-11-4)21(7)27(33)37-13-9-2/h19,22-23H,6-18H2,1-5H3. The van der Waals surface area contributed by atoms with Gasteiger partial charge in [0.2, 0.25) is 0 Å². The first-order valence-corrected chi connectivity index (χ1v) is 13.8. The van der Waals surface area contributed by atoms with Gasteiger partial charge >= 0.3 is 35.8 Å². The second-order valence-electron chi connectivity index (χ2n) is 9.15. The van der Waals surface area contributed by atoms with E-state index in [-0.39, 0.29) is 37.6 Å². The molecule has 0 N–H and O–H groups in total. The number of hydrogen-bond donors (Lipinski definition) is 0. The molecule has 0 aliphatic carbocycles. The maximum Gasteiger partial charge on any atom is 0.334 e. The molecule has 0 rings (SSSR count). The largest absolute Gasteiger partial charge is 0.465 e. The average molecular weight is 585 g/mol. The van der Waals surface area contributed by atoms with Crippen molar-refractivity contribution in [2.24, 2.45) is 11.8 Å². The average Bonchev–Trinajstić information content (AvgIpc) is 2.95. The predicted molar refractivity (Wildman–Crippen MR) is 146 cm³/mol. The number of carbonyl (C=O) groups is 6. The van der Waals surface area contributed by atoms with Crippen molar-refractivity contribution in [3.63, 3.8) is 0 Å². The fraction of sp³-hybridized carbons (Fsp3) is 0.655. The summed E-state index contributed by atoms with van der Waals surface area (Å²) in [5.41, 5.74) is -0.482. The lowest BCUT2D eigenvalue weighted by Crippen LogP contribution is -2.31. The molecular formula is C29H44O12. The van der Waals surface area contributed by atoms with Crippen LogP contribution in [0.1, 0.15) is 73.1 Å². The maximum atomic E-state index is 12.6. The molecule has 0 aromatic carbocycles. The lowest BCUT2D eigenvalue weighted by atomic mass is 9.97. The lowest BCUT2D eigenvalue weighted by Gasteiger charge is -2.19. The summed E-state index contributed by atoms with van der Waals surface area (Å²) < 4.78 is 30.6. The summed E-state index contributed by atoms with van der Waals surface area (Å²) in [7, 11) is 0. The minimum Gasteiger partial charge on any atom is -0.465 e. The van der Waals surface area contributed by atoms with Crippen LogP contribution in [-0.4, -0.2) is 75.0 Å². The van der Waals surface area contributed by atoms with E-state index in [9.17, 15) is 28.8 Å². The van der Waals surface area contributed by atoms with E-state index in [1.54, 1.807) is 27.7 Å². The van der Waals surface area contributed by atoms with Gasteiger partial charge in [-0.1, -0.05) is 40.9 Å². The van der Waals surface area contributed by atoms with Crippen molar-refractivity contribution >= 4 is 35.8 Å². The summed E-state index contributed by atoms with van der Waals surface area (Å²) in [6, 6.07) is 0. The molecule has 0 aromatic heterocycles. The van der Waals surface area contributed by atoms with Crippen molar-refractivity contribution < 1.29 is 57.2 Å². The lowest BCUT2D eigenvalue weighted by molar-refractivity contribution is -0.163. The molecule has 0 saturated carbocycles. The van der Waals surface area contributed by atoms with Crippen molar-refractivity contribution in [3.8, 4) is 0 Å². The second-order valence-corrected chi connectivity index (χ2v) is 9.15. The molecule has 232 valence electrons. The van der Waals surface area contributed by atoms with Gasteiger partial charge in [-0.05, 0) is 32.6 Å². The van der Waals surface area contributed by atoms with Crippen LogP contribution in [0.25, 0.3) is 0 Å². The molecule has 0 amide bonds. The second kappa shape index (κ2) is 21.1. The van der Waals surface area contributed by atoms with Crippen LogP contribution < -0.4 is 0 Å². The van der Waals surface area contributed by atoms with E-state index in [1.807, 2.05) is 0 Å². The molecule has 0 fully saturated rings. The monoisotopic (exact) mass is 584 g/mol. The van der Waals surface area contributed by atoms with Crippen molar-refractivity contribution in [3.05, 3.63) is 24.3 Å². The quantitative estimate of drug-likeness (QED) is 0.110. The number of esters is 6. The van der Waals surface area contributed by atoms with Gasteiger partial charge in [-0.15, -0.1) is 0 Å². The molecule has 3 atom stereocenters. The van der Waals surface area contributed by atoms with E-state index in [4.69, 9.17) is 28.4 Å². The topological polar surface area (TPSA) is 158 Å². The summed E-state index contributed by atoms with van der Waals surface area (Å²) in [5.74, 6) is -7.67. The third-order valence-electron chi connectivity index (χ3n) is 5.26. The van der Waals surface area contributed by atoms with Gasteiger partial charge in [0.05, 0.1) is 51.1 Å². The van der Waals surface area contributed by atoms with Crippen molar-refractivity contribution in [1.82, 2.24) is 0 Å². The predicted octanol–water partition coefficient (Wildman–Crippen LogP) is 3.40. The first-order valence-electron chi connectivity index (χ1n) is 13.8. The van der Waals surface area contributed by atoms with E-state index in [1.165, 1.54) is 6.92 Å². The minimum atomic E-state index is -1.32. The van der Waals surface area contributed by atoms with Crippen LogP contribution in [0.3, 0.4) is 0 Å². The van der Waals surface area contributed by atoms with Crippen LogP contribution in [-0.2, 0) is 57.2 Å². The zero-order chi connectivity index (χ0) is 31.4. The summed E-state index contributed by atoms with van der Waals surface area (Å²) in [6.07, 6.45) is 0.119. The van der Waals surface area contributed by atoms with Gasteiger partial charge in [0.15, 0.2) is 0 Å². The highest BCUT2D eigenvalue weighted by molar-refractivity contribution is 5.97. The number of ether oxygens (including phenoxy) is 6. The third kappa shape index (κ3) is 15.0. The zero-order valence-electron chi connectivity index (χ0n) is 24.8. The number of carbonyl (C=O) groups excluding carboxylic acids is 6. The summed E-state index contributed by atoms with van der Waals surface area (Å²) >= 11 is 0. The first kappa shape index (κ1) is 37.3. The van der Waals surface area contributed by atoms with Crippen LogP contribution in [0.5, 0.6) is 0 Å². The van der Waals surface area contributed by atoms with E-state index < -0.39 is 73.2 Å². The SMILES string of the molecule is C=C(C(=O)OCCC)C(CC(=O)OCC(C)OC(=O)CC(C(=C)C(=O)OCCC)C(=O)OCCC)C(=O)OCCC. The van der Waals surface area contributed by atoms with Crippen LogP contribution in [0.4, 0.5) is 0 Å². The molecule has 0 heterocycles. The van der Waals surface area contributed by atoms with Gasteiger partial charge < -0.3 is 28.4 Å². The summed E-state index contributed by atoms with van der Waals surface area (Å²) in [6.45, 7) is 15.8. The van der Waals surface area contributed by atoms with Gasteiger partial charge in [0.25, 0.3) is 0 Å². The van der Waals surface area contributed by atoms with E-state index in [2.05, 4.69) is 13.2 Å². The molecule has 12 nitrogen and oxygen atoms in total. The highest BCUT2D eigenvalue weighted by atomic mass is 16.6. The van der Waals surface area contributed by atoms with Gasteiger partial charge in [-0.25, -0.2) is 9.59 Å². The number of rotatable bonds is 21. The highest BCUT2D eigenvalue weighted by Crippen LogP contribution is 2.21. The Kier molecular flexibility index (Phi) is 19.2. The summed E-state index contributed by atoms with van der Waals surface area (Å²) in [4.78, 5) is 74.5. The first-order chi connectivity index (χ1) is 19.4. The Balaban J connectivity index is 5.19. The normalized spacial score (nSPS) is 12.6. The minimum absolute atomic E-state index is 0.0871. The van der Waals surface area contributed by atoms with E-state index >= 15 is 0 Å². The Hall–Kier alpha value is -3.70. The molecule has 0 aliphatic heterocycles. The Bertz CT molecular complexity index is 923. The highest BCUT2D eigenvalue weighted by Gasteiger charge is 2.33. The Labute approximate surface area is 241 Å².